The first kappa shape index (κ1) is 7.80. The number of nitrogens with zero attached hydrogens (tertiary/aromatic N) is 1. The number of nitrogens with one attached hydrogen (secondary N) is 1. The van der Waals surface area contributed by atoms with E-state index in [4.69, 9.17) is 5.73 Å². The van der Waals surface area contributed by atoms with Crippen LogP contribution in [0, 0.1) is 0 Å². The molecular formula is C9H15N3. The highest BCUT2D eigenvalue weighted by Crippen LogP contribution is 2.31. The molecule has 2 rings (SSSR count). The molecule has 2 atom stereocenters. The van der Waals surface area contributed by atoms with Gasteiger partial charge in [-0.2, -0.15) is 0 Å². The summed E-state index contributed by atoms with van der Waals surface area (Å²) in [4.78, 5) is 7.78. The van der Waals surface area contributed by atoms with Crippen molar-refractivity contribution in [3.05, 3.63) is 17.2 Å². The van der Waals surface area contributed by atoms with Crippen LogP contribution in [0.5, 0.6) is 0 Å². The Bertz CT molecular complexity index is 288. The maximum Gasteiger partial charge on any atom is 0.123 e. The fraction of sp³-hybridized carbons (Fsp3) is 0.667. The van der Waals surface area contributed by atoms with E-state index in [-0.39, 0.29) is 6.04 Å². The second-order valence-corrected chi connectivity index (χ2v) is 3.71. The topological polar surface area (TPSA) is 54.7 Å². The van der Waals surface area contributed by atoms with E-state index >= 15 is 0 Å². The summed E-state index contributed by atoms with van der Waals surface area (Å²) in [6.45, 7) is 4.18. The SMILES string of the molecule is CC1CCc2[nH]c([C@@H](C)N)nc21. The third-order valence-electron chi connectivity index (χ3n) is 2.55. The van der Waals surface area contributed by atoms with Gasteiger partial charge in [0, 0.05) is 11.6 Å². The fourth-order valence-electron chi connectivity index (χ4n) is 1.76. The van der Waals surface area contributed by atoms with Crippen LogP contribution in [0.1, 0.15) is 49.4 Å². The smallest absolute Gasteiger partial charge is 0.123 e. The van der Waals surface area contributed by atoms with Crippen LogP contribution >= 0.6 is 0 Å². The van der Waals surface area contributed by atoms with Gasteiger partial charge < -0.3 is 10.7 Å². The summed E-state index contributed by atoms with van der Waals surface area (Å²) in [5.41, 5.74) is 8.27. The Morgan fingerprint density at radius 1 is 1.67 bits per heavy atom. The number of nitrogens with two attached hydrogens (primary N) is 1. The lowest BCUT2D eigenvalue weighted by molar-refractivity contribution is 0.691. The van der Waals surface area contributed by atoms with Gasteiger partial charge in [0.25, 0.3) is 0 Å². The molecule has 3 N–H and O–H groups in total. The van der Waals surface area contributed by atoms with Crippen LogP contribution in [-0.4, -0.2) is 9.97 Å². The standard InChI is InChI=1S/C9H15N3/c1-5-3-4-7-8(5)12-9(11-7)6(2)10/h5-6H,3-4,10H2,1-2H3,(H,11,12)/t5?,6-/m1/s1. The number of imidazole rings is 1. The van der Waals surface area contributed by atoms with Crippen molar-refractivity contribution in [2.24, 2.45) is 5.73 Å². The molecule has 1 aliphatic rings. The quantitative estimate of drug-likeness (QED) is 0.662. The third-order valence-corrected chi connectivity index (χ3v) is 2.55. The number of rotatable bonds is 1. The predicted octanol–water partition coefficient (Wildman–Crippen LogP) is 1.48. The molecule has 3 heteroatoms. The molecule has 0 aromatic carbocycles. The maximum atomic E-state index is 5.73. The van der Waals surface area contributed by atoms with E-state index in [2.05, 4.69) is 16.9 Å². The average molecular weight is 165 g/mol. The molecule has 0 amide bonds. The van der Waals surface area contributed by atoms with Crippen molar-refractivity contribution in [2.75, 3.05) is 0 Å². The minimum atomic E-state index is 0.0304. The van der Waals surface area contributed by atoms with Crippen molar-refractivity contribution in [3.63, 3.8) is 0 Å². The van der Waals surface area contributed by atoms with Gasteiger partial charge in [0.2, 0.25) is 0 Å². The van der Waals surface area contributed by atoms with Crippen LogP contribution in [-0.2, 0) is 6.42 Å². The molecule has 0 saturated carbocycles. The lowest BCUT2D eigenvalue weighted by atomic mass is 10.1. The number of hydrogen-bond acceptors (Lipinski definition) is 2. The average Bonchev–Trinajstić information content (AvgIpc) is 2.53. The normalized spacial score (nSPS) is 24.1. The van der Waals surface area contributed by atoms with Gasteiger partial charge in [0.1, 0.15) is 5.82 Å². The second-order valence-electron chi connectivity index (χ2n) is 3.71. The molecule has 1 aromatic rings. The highest BCUT2D eigenvalue weighted by molar-refractivity contribution is 5.24. The number of hydrogen-bond donors (Lipinski definition) is 2. The minimum absolute atomic E-state index is 0.0304. The van der Waals surface area contributed by atoms with Gasteiger partial charge in [-0.15, -0.1) is 0 Å². The van der Waals surface area contributed by atoms with Crippen molar-refractivity contribution >= 4 is 0 Å². The summed E-state index contributed by atoms with van der Waals surface area (Å²) in [5, 5.41) is 0. The van der Waals surface area contributed by atoms with Gasteiger partial charge in [0.05, 0.1) is 11.7 Å². The Labute approximate surface area is 72.4 Å². The monoisotopic (exact) mass is 165 g/mol. The molecule has 0 saturated heterocycles. The zero-order valence-corrected chi connectivity index (χ0v) is 7.59. The van der Waals surface area contributed by atoms with E-state index < -0.39 is 0 Å². The van der Waals surface area contributed by atoms with Gasteiger partial charge in [0.15, 0.2) is 0 Å². The van der Waals surface area contributed by atoms with E-state index in [1.54, 1.807) is 0 Å². The molecule has 0 bridgehead atoms. The zero-order chi connectivity index (χ0) is 8.72. The van der Waals surface area contributed by atoms with Crippen LogP contribution in [0.2, 0.25) is 0 Å². The van der Waals surface area contributed by atoms with E-state index in [1.165, 1.54) is 17.8 Å². The van der Waals surface area contributed by atoms with Crippen molar-refractivity contribution in [2.45, 2.75) is 38.6 Å². The predicted molar refractivity (Wildman–Crippen MR) is 47.9 cm³/mol. The molecule has 1 aromatic heterocycles. The van der Waals surface area contributed by atoms with E-state index in [0.717, 1.165) is 12.2 Å². The summed E-state index contributed by atoms with van der Waals surface area (Å²) in [6.07, 6.45) is 2.36. The summed E-state index contributed by atoms with van der Waals surface area (Å²) in [6, 6.07) is 0.0304. The molecule has 1 aliphatic carbocycles. The Hall–Kier alpha value is -0.830. The number of aromatic amines is 1. The Balaban J connectivity index is 2.36. The summed E-state index contributed by atoms with van der Waals surface area (Å²) in [7, 11) is 0. The highest BCUT2D eigenvalue weighted by atomic mass is 15.0. The van der Waals surface area contributed by atoms with E-state index in [1.807, 2.05) is 6.92 Å². The molecule has 1 heterocycles. The third kappa shape index (κ3) is 1.05. The molecular weight excluding hydrogens is 150 g/mol. The van der Waals surface area contributed by atoms with Crippen LogP contribution in [0.15, 0.2) is 0 Å². The van der Waals surface area contributed by atoms with Crippen LogP contribution < -0.4 is 5.73 Å². The van der Waals surface area contributed by atoms with E-state index in [0.29, 0.717) is 5.92 Å². The van der Waals surface area contributed by atoms with Crippen LogP contribution in [0.3, 0.4) is 0 Å². The first-order valence-corrected chi connectivity index (χ1v) is 4.52. The molecule has 0 spiro atoms. The summed E-state index contributed by atoms with van der Waals surface area (Å²) < 4.78 is 0. The second kappa shape index (κ2) is 2.59. The largest absolute Gasteiger partial charge is 0.344 e. The zero-order valence-electron chi connectivity index (χ0n) is 7.59. The Morgan fingerprint density at radius 2 is 2.42 bits per heavy atom. The van der Waals surface area contributed by atoms with Crippen LogP contribution in [0.4, 0.5) is 0 Å². The lowest BCUT2D eigenvalue weighted by Crippen LogP contribution is -2.07. The van der Waals surface area contributed by atoms with Gasteiger partial charge in [-0.3, -0.25) is 0 Å². The Kier molecular flexibility index (Phi) is 1.68. The number of fused-ring (bicyclic) bond motifs is 1. The number of aryl methyl sites for hydroxylation is 1. The molecule has 12 heavy (non-hydrogen) atoms. The molecule has 0 radical (unpaired) electrons. The fourth-order valence-corrected chi connectivity index (χ4v) is 1.76. The molecule has 1 unspecified atom stereocenters. The Morgan fingerprint density at radius 3 is 3.00 bits per heavy atom. The lowest BCUT2D eigenvalue weighted by Gasteiger charge is -2.01. The van der Waals surface area contributed by atoms with Crippen molar-refractivity contribution in [3.8, 4) is 0 Å². The number of aromatic nitrogens is 2. The maximum absolute atomic E-state index is 5.73. The molecule has 66 valence electrons. The van der Waals surface area contributed by atoms with Crippen molar-refractivity contribution in [1.82, 2.24) is 9.97 Å². The van der Waals surface area contributed by atoms with Gasteiger partial charge in [-0.05, 0) is 19.8 Å². The number of H-pyrrole nitrogens is 1. The van der Waals surface area contributed by atoms with Gasteiger partial charge in [-0.25, -0.2) is 4.98 Å². The summed E-state index contributed by atoms with van der Waals surface area (Å²) >= 11 is 0. The van der Waals surface area contributed by atoms with Crippen molar-refractivity contribution in [1.29, 1.82) is 0 Å². The van der Waals surface area contributed by atoms with Crippen molar-refractivity contribution < 1.29 is 0 Å². The molecule has 0 aliphatic heterocycles. The van der Waals surface area contributed by atoms with Gasteiger partial charge in [-0.1, -0.05) is 6.92 Å². The summed E-state index contributed by atoms with van der Waals surface area (Å²) in [5.74, 6) is 1.55. The molecule has 0 fully saturated rings. The highest BCUT2D eigenvalue weighted by Gasteiger charge is 2.23. The van der Waals surface area contributed by atoms with Crippen LogP contribution in [0.25, 0.3) is 0 Å². The first-order chi connectivity index (χ1) is 5.68. The first-order valence-electron chi connectivity index (χ1n) is 4.52. The molecule has 3 nitrogen and oxygen atoms in total. The minimum Gasteiger partial charge on any atom is -0.344 e. The van der Waals surface area contributed by atoms with E-state index in [9.17, 15) is 0 Å². The van der Waals surface area contributed by atoms with Gasteiger partial charge >= 0.3 is 0 Å².